The summed E-state index contributed by atoms with van der Waals surface area (Å²) in [6.07, 6.45) is 6.87. The van der Waals surface area contributed by atoms with E-state index in [0.29, 0.717) is 18.1 Å². The lowest BCUT2D eigenvalue weighted by Gasteiger charge is -2.12. The molecular weight excluding hydrogens is 280 g/mol. The minimum Gasteiger partial charge on any atom is -0.484 e. The second-order valence-corrected chi connectivity index (χ2v) is 5.62. The van der Waals surface area contributed by atoms with Crippen LogP contribution in [0.3, 0.4) is 0 Å². The summed E-state index contributed by atoms with van der Waals surface area (Å²) in [5.74, 6) is 0.890. The Balaban J connectivity index is 1.79. The Labute approximate surface area is 130 Å². The maximum Gasteiger partial charge on any atom is 0.259 e. The van der Waals surface area contributed by atoms with E-state index in [2.05, 4.69) is 17.5 Å². The van der Waals surface area contributed by atoms with Gasteiger partial charge in [-0.25, -0.2) is 0 Å². The van der Waals surface area contributed by atoms with Crippen LogP contribution in [0.15, 0.2) is 36.4 Å². The van der Waals surface area contributed by atoms with Crippen molar-refractivity contribution in [3.63, 3.8) is 0 Å². The van der Waals surface area contributed by atoms with Crippen LogP contribution in [0.5, 0.6) is 5.75 Å². The second-order valence-electron chi connectivity index (χ2n) is 5.62. The maximum absolute atomic E-state index is 11.9. The molecule has 0 saturated heterocycles. The van der Waals surface area contributed by atoms with Crippen LogP contribution in [0.1, 0.15) is 19.3 Å². The summed E-state index contributed by atoms with van der Waals surface area (Å²) in [5, 5.41) is 2.88. The lowest BCUT2D eigenvalue weighted by Crippen LogP contribution is -2.27. The number of carbonyl (C=O) groups excluding carboxylic acids is 2. The SMILES string of the molecule is CN(C)C(=O)COc1ccc(NC(=O)CC2C=CCC2)cc1. The number of carbonyl (C=O) groups is 2. The van der Waals surface area contributed by atoms with Gasteiger partial charge in [0.2, 0.25) is 5.91 Å². The average molecular weight is 302 g/mol. The van der Waals surface area contributed by atoms with Gasteiger partial charge < -0.3 is 15.0 Å². The molecule has 2 amide bonds. The van der Waals surface area contributed by atoms with Crippen LogP contribution in [-0.4, -0.2) is 37.4 Å². The van der Waals surface area contributed by atoms with E-state index in [-0.39, 0.29) is 18.4 Å². The molecule has 1 aromatic carbocycles. The molecule has 1 atom stereocenters. The molecule has 2 rings (SSSR count). The molecule has 5 heteroatoms. The van der Waals surface area contributed by atoms with E-state index in [1.54, 1.807) is 38.4 Å². The zero-order valence-corrected chi connectivity index (χ0v) is 13.0. The molecule has 0 spiro atoms. The van der Waals surface area contributed by atoms with Gasteiger partial charge in [0.25, 0.3) is 5.91 Å². The van der Waals surface area contributed by atoms with Crippen LogP contribution in [0, 0.1) is 5.92 Å². The molecule has 118 valence electrons. The molecule has 0 fully saturated rings. The number of rotatable bonds is 6. The minimum absolute atomic E-state index is 0.00667. The number of nitrogens with one attached hydrogen (secondary N) is 1. The Kier molecular flexibility index (Phi) is 5.58. The van der Waals surface area contributed by atoms with Crippen molar-refractivity contribution in [3.05, 3.63) is 36.4 Å². The van der Waals surface area contributed by atoms with Gasteiger partial charge in [-0.05, 0) is 43.0 Å². The number of hydrogen-bond acceptors (Lipinski definition) is 3. The highest BCUT2D eigenvalue weighted by Crippen LogP contribution is 2.21. The van der Waals surface area contributed by atoms with Gasteiger partial charge in [-0.15, -0.1) is 0 Å². The van der Waals surface area contributed by atoms with Gasteiger partial charge in [0.05, 0.1) is 0 Å². The molecule has 22 heavy (non-hydrogen) atoms. The van der Waals surface area contributed by atoms with E-state index >= 15 is 0 Å². The minimum atomic E-state index is -0.0954. The molecule has 1 aromatic rings. The van der Waals surface area contributed by atoms with Crippen LogP contribution in [0.4, 0.5) is 5.69 Å². The Morgan fingerprint density at radius 1 is 1.27 bits per heavy atom. The quantitative estimate of drug-likeness (QED) is 0.821. The highest BCUT2D eigenvalue weighted by Gasteiger charge is 2.14. The summed E-state index contributed by atoms with van der Waals surface area (Å²) in [6.45, 7) is 0.00667. The summed E-state index contributed by atoms with van der Waals surface area (Å²) < 4.78 is 5.38. The Bertz CT molecular complexity index is 550. The van der Waals surface area contributed by atoms with Gasteiger partial charge in [-0.3, -0.25) is 9.59 Å². The number of allylic oxidation sites excluding steroid dienone is 2. The van der Waals surface area contributed by atoms with Crippen LogP contribution in [0.2, 0.25) is 0 Å². The molecule has 1 aliphatic rings. The van der Waals surface area contributed by atoms with Crippen molar-refractivity contribution in [1.29, 1.82) is 0 Å². The van der Waals surface area contributed by atoms with Gasteiger partial charge in [-0.2, -0.15) is 0 Å². The lowest BCUT2D eigenvalue weighted by atomic mass is 10.1. The number of hydrogen-bond donors (Lipinski definition) is 1. The van der Waals surface area contributed by atoms with Gasteiger partial charge >= 0.3 is 0 Å². The predicted molar refractivity (Wildman–Crippen MR) is 85.7 cm³/mol. The van der Waals surface area contributed by atoms with Crippen molar-refractivity contribution < 1.29 is 14.3 Å². The van der Waals surface area contributed by atoms with Crippen LogP contribution < -0.4 is 10.1 Å². The third kappa shape index (κ3) is 4.91. The summed E-state index contributed by atoms with van der Waals surface area (Å²) >= 11 is 0. The zero-order valence-electron chi connectivity index (χ0n) is 13.0. The molecule has 1 unspecified atom stereocenters. The lowest BCUT2D eigenvalue weighted by molar-refractivity contribution is -0.130. The number of nitrogens with zero attached hydrogens (tertiary/aromatic N) is 1. The highest BCUT2D eigenvalue weighted by atomic mass is 16.5. The number of benzene rings is 1. The van der Waals surface area contributed by atoms with Crippen molar-refractivity contribution in [1.82, 2.24) is 4.90 Å². The van der Waals surface area contributed by atoms with E-state index in [4.69, 9.17) is 4.74 Å². The fraction of sp³-hybridized carbons (Fsp3) is 0.412. The van der Waals surface area contributed by atoms with Crippen LogP contribution in [0.25, 0.3) is 0 Å². The molecule has 0 saturated carbocycles. The van der Waals surface area contributed by atoms with Gasteiger partial charge in [-0.1, -0.05) is 12.2 Å². The van der Waals surface area contributed by atoms with E-state index in [1.807, 2.05) is 0 Å². The van der Waals surface area contributed by atoms with E-state index in [9.17, 15) is 9.59 Å². The molecule has 0 radical (unpaired) electrons. The van der Waals surface area contributed by atoms with Crippen molar-refractivity contribution in [2.24, 2.45) is 5.92 Å². The van der Waals surface area contributed by atoms with Crippen molar-refractivity contribution in [3.8, 4) is 5.75 Å². The first-order valence-corrected chi connectivity index (χ1v) is 7.44. The number of amides is 2. The predicted octanol–water partition coefficient (Wildman–Crippen LogP) is 2.45. The van der Waals surface area contributed by atoms with Crippen LogP contribution >= 0.6 is 0 Å². The number of ether oxygens (including phenoxy) is 1. The van der Waals surface area contributed by atoms with Gasteiger partial charge in [0.15, 0.2) is 6.61 Å². The maximum atomic E-state index is 11.9. The van der Waals surface area contributed by atoms with Crippen molar-refractivity contribution in [2.45, 2.75) is 19.3 Å². The zero-order chi connectivity index (χ0) is 15.9. The van der Waals surface area contributed by atoms with E-state index < -0.39 is 0 Å². The first-order valence-electron chi connectivity index (χ1n) is 7.44. The Hall–Kier alpha value is -2.30. The average Bonchev–Trinajstić information content (AvgIpc) is 2.98. The fourth-order valence-corrected chi connectivity index (χ4v) is 2.22. The summed E-state index contributed by atoms with van der Waals surface area (Å²) in [6, 6.07) is 7.04. The standard InChI is InChI=1S/C17H22N2O3/c1-19(2)17(21)12-22-15-9-7-14(8-10-15)18-16(20)11-13-5-3-4-6-13/h3,5,7-10,13H,4,6,11-12H2,1-2H3,(H,18,20). The molecule has 1 N–H and O–H groups in total. The number of likely N-dealkylation sites (N-methyl/N-ethyl adjacent to an activating group) is 1. The molecule has 0 heterocycles. The van der Waals surface area contributed by atoms with E-state index in [0.717, 1.165) is 18.5 Å². The normalized spacial score (nSPS) is 16.4. The van der Waals surface area contributed by atoms with Gasteiger partial charge in [0, 0.05) is 26.2 Å². The summed E-state index contributed by atoms with van der Waals surface area (Å²) in [4.78, 5) is 24.8. The van der Waals surface area contributed by atoms with E-state index in [1.165, 1.54) is 4.90 Å². The first-order chi connectivity index (χ1) is 10.5. The third-order valence-corrected chi connectivity index (χ3v) is 3.56. The second kappa shape index (κ2) is 7.64. The number of anilines is 1. The van der Waals surface area contributed by atoms with Crippen molar-refractivity contribution >= 4 is 17.5 Å². The van der Waals surface area contributed by atoms with Crippen molar-refractivity contribution in [2.75, 3.05) is 26.0 Å². The molecule has 5 nitrogen and oxygen atoms in total. The van der Waals surface area contributed by atoms with Crippen LogP contribution in [-0.2, 0) is 9.59 Å². The molecule has 0 aliphatic heterocycles. The monoisotopic (exact) mass is 302 g/mol. The van der Waals surface area contributed by atoms with Gasteiger partial charge in [0.1, 0.15) is 5.75 Å². The Morgan fingerprint density at radius 3 is 2.59 bits per heavy atom. The Morgan fingerprint density at radius 2 is 2.00 bits per heavy atom. The highest BCUT2D eigenvalue weighted by molar-refractivity contribution is 5.91. The smallest absolute Gasteiger partial charge is 0.259 e. The molecule has 0 aromatic heterocycles. The first kappa shape index (κ1) is 16.1. The topological polar surface area (TPSA) is 58.6 Å². The summed E-state index contributed by atoms with van der Waals surface area (Å²) in [5.41, 5.74) is 0.735. The fourth-order valence-electron chi connectivity index (χ4n) is 2.22. The third-order valence-electron chi connectivity index (χ3n) is 3.56. The molecule has 0 bridgehead atoms. The summed E-state index contributed by atoms with van der Waals surface area (Å²) in [7, 11) is 3.37. The molecular formula is C17H22N2O3. The molecule has 1 aliphatic carbocycles. The largest absolute Gasteiger partial charge is 0.484 e.